The molecule has 8 heteroatoms. The molecule has 1 fully saturated rings. The van der Waals surface area contributed by atoms with E-state index in [2.05, 4.69) is 27.2 Å². The van der Waals surface area contributed by atoms with E-state index in [1.54, 1.807) is 11.3 Å². The van der Waals surface area contributed by atoms with Crippen LogP contribution in [-0.4, -0.2) is 73.3 Å². The van der Waals surface area contributed by atoms with Gasteiger partial charge in [-0.25, -0.2) is 0 Å². The second kappa shape index (κ2) is 10.6. The Bertz CT molecular complexity index is 681. The molecule has 148 valence electrons. The smallest absolute Gasteiger partial charge is 0.246 e. The summed E-state index contributed by atoms with van der Waals surface area (Å²) in [4.78, 5) is 17.8. The van der Waals surface area contributed by atoms with Gasteiger partial charge < -0.3 is 24.4 Å². The van der Waals surface area contributed by atoms with Crippen LogP contribution in [0.3, 0.4) is 0 Å². The van der Waals surface area contributed by atoms with Gasteiger partial charge >= 0.3 is 0 Å². The van der Waals surface area contributed by atoms with E-state index in [0.717, 1.165) is 56.3 Å². The van der Waals surface area contributed by atoms with E-state index in [4.69, 9.17) is 9.26 Å². The second-order valence-corrected chi connectivity index (χ2v) is 7.58. The summed E-state index contributed by atoms with van der Waals surface area (Å²) in [6.45, 7) is 9.89. The minimum absolute atomic E-state index is 0.0381. The van der Waals surface area contributed by atoms with Gasteiger partial charge in [0.25, 0.3) is 0 Å². The van der Waals surface area contributed by atoms with Gasteiger partial charge in [-0.3, -0.25) is 4.79 Å². The van der Waals surface area contributed by atoms with Crippen molar-refractivity contribution < 1.29 is 14.1 Å². The number of likely N-dealkylation sites (N-methyl/N-ethyl adjacent to an activating group) is 1. The van der Waals surface area contributed by atoms with E-state index in [9.17, 15) is 4.79 Å². The zero-order chi connectivity index (χ0) is 18.9. The Kier molecular flexibility index (Phi) is 7.82. The fraction of sp³-hybridized carbons (Fsp3) is 0.579. The summed E-state index contributed by atoms with van der Waals surface area (Å²) in [5.74, 6) is 0.639. The van der Waals surface area contributed by atoms with Gasteiger partial charge in [-0.1, -0.05) is 18.1 Å². The Balaban J connectivity index is 1.24. The number of hydrogen-bond donors (Lipinski definition) is 1. The minimum atomic E-state index is -0.0900. The van der Waals surface area contributed by atoms with Gasteiger partial charge in [0, 0.05) is 38.8 Å². The Morgan fingerprint density at radius 1 is 1.33 bits per heavy atom. The lowest BCUT2D eigenvalue weighted by Crippen LogP contribution is -2.46. The topological polar surface area (TPSA) is 70.8 Å². The highest BCUT2D eigenvalue weighted by Gasteiger charge is 2.14. The number of nitrogens with zero attached hydrogens (tertiary/aromatic N) is 3. The largest absolute Gasteiger partial charge is 0.365 e. The highest BCUT2D eigenvalue weighted by molar-refractivity contribution is 7.13. The van der Waals surface area contributed by atoms with Crippen LogP contribution in [0.5, 0.6) is 0 Å². The maximum absolute atomic E-state index is 11.9. The van der Waals surface area contributed by atoms with E-state index in [1.807, 2.05) is 23.6 Å². The monoisotopic (exact) mass is 392 g/mol. The van der Waals surface area contributed by atoms with Crippen LogP contribution in [-0.2, 0) is 16.1 Å². The molecule has 0 saturated carbocycles. The van der Waals surface area contributed by atoms with Gasteiger partial charge in [-0.05, 0) is 31.0 Å². The fourth-order valence-corrected chi connectivity index (χ4v) is 3.75. The molecular formula is C19H28N4O3S. The van der Waals surface area contributed by atoms with E-state index >= 15 is 0 Å². The van der Waals surface area contributed by atoms with Crippen LogP contribution in [0.25, 0.3) is 10.6 Å². The number of ether oxygens (including phenoxy) is 1. The molecule has 1 aliphatic rings. The van der Waals surface area contributed by atoms with Crippen molar-refractivity contribution in [1.29, 1.82) is 0 Å². The molecule has 1 N–H and O–H groups in total. The molecule has 1 aliphatic heterocycles. The van der Waals surface area contributed by atoms with Crippen molar-refractivity contribution in [3.8, 4) is 10.6 Å². The molecule has 0 aromatic carbocycles. The maximum atomic E-state index is 11.9. The van der Waals surface area contributed by atoms with E-state index in [-0.39, 0.29) is 19.1 Å². The lowest BCUT2D eigenvalue weighted by molar-refractivity contribution is -0.126. The summed E-state index contributed by atoms with van der Waals surface area (Å²) >= 11 is 1.60. The van der Waals surface area contributed by atoms with Gasteiger partial charge in [0.05, 0.1) is 11.5 Å². The summed E-state index contributed by atoms with van der Waals surface area (Å²) in [6.07, 6.45) is 0.964. The number of hydrogen-bond acceptors (Lipinski definition) is 7. The third-order valence-electron chi connectivity index (χ3n) is 4.69. The molecule has 0 bridgehead atoms. The Hall–Kier alpha value is -1.74. The number of aromatic nitrogens is 1. The second-order valence-electron chi connectivity index (χ2n) is 6.63. The van der Waals surface area contributed by atoms with Crippen LogP contribution in [0.15, 0.2) is 28.1 Å². The summed E-state index contributed by atoms with van der Waals surface area (Å²) in [5, 5.41) is 8.88. The normalized spacial score (nSPS) is 15.9. The SMILES string of the molecule is CCN1CCN(CCCNC(=O)COCc2cc(-c3cccs3)on2)CC1. The molecule has 0 atom stereocenters. The van der Waals surface area contributed by atoms with Gasteiger partial charge in [-0.15, -0.1) is 11.3 Å². The van der Waals surface area contributed by atoms with Crippen LogP contribution in [0, 0.1) is 0 Å². The van der Waals surface area contributed by atoms with Crippen LogP contribution < -0.4 is 5.32 Å². The molecule has 1 amide bonds. The molecule has 0 aliphatic carbocycles. The van der Waals surface area contributed by atoms with Crippen molar-refractivity contribution in [1.82, 2.24) is 20.3 Å². The van der Waals surface area contributed by atoms with Crippen molar-refractivity contribution in [3.05, 3.63) is 29.3 Å². The molecule has 3 heterocycles. The van der Waals surface area contributed by atoms with Crippen LogP contribution >= 0.6 is 11.3 Å². The first-order valence-electron chi connectivity index (χ1n) is 9.53. The number of thiophene rings is 1. The zero-order valence-corrected chi connectivity index (χ0v) is 16.7. The van der Waals surface area contributed by atoms with Crippen molar-refractivity contribution >= 4 is 17.2 Å². The number of rotatable bonds is 10. The quantitative estimate of drug-likeness (QED) is 0.624. The van der Waals surface area contributed by atoms with Gasteiger partial charge in [-0.2, -0.15) is 0 Å². The Morgan fingerprint density at radius 3 is 2.89 bits per heavy atom. The third-order valence-corrected chi connectivity index (χ3v) is 5.58. The van der Waals surface area contributed by atoms with Gasteiger partial charge in [0.2, 0.25) is 5.91 Å². The predicted octanol–water partition coefficient (Wildman–Crippen LogP) is 2.06. The average Bonchev–Trinajstić information content (AvgIpc) is 3.37. The third kappa shape index (κ3) is 6.42. The number of amides is 1. The van der Waals surface area contributed by atoms with Crippen molar-refractivity contribution in [2.24, 2.45) is 0 Å². The molecule has 2 aromatic heterocycles. The molecule has 1 saturated heterocycles. The number of carbonyl (C=O) groups is 1. The minimum Gasteiger partial charge on any atom is -0.365 e. The van der Waals surface area contributed by atoms with Crippen LogP contribution in [0.2, 0.25) is 0 Å². The highest BCUT2D eigenvalue weighted by Crippen LogP contribution is 2.25. The predicted molar refractivity (Wildman–Crippen MR) is 106 cm³/mol. The molecular weight excluding hydrogens is 364 g/mol. The molecule has 0 radical (unpaired) electrons. The molecule has 0 unspecified atom stereocenters. The number of piperazine rings is 1. The Morgan fingerprint density at radius 2 is 2.15 bits per heavy atom. The standard InChI is InChI=1S/C19H28N4O3S/c1-2-22-8-10-23(11-9-22)7-4-6-20-19(24)15-25-14-16-13-17(26-21-16)18-5-3-12-27-18/h3,5,12-13H,2,4,6-11,14-15H2,1H3,(H,20,24). The fourth-order valence-electron chi connectivity index (χ4n) is 3.07. The first-order chi connectivity index (χ1) is 13.2. The number of carbonyl (C=O) groups excluding carboxylic acids is 1. The lowest BCUT2D eigenvalue weighted by Gasteiger charge is -2.33. The summed E-state index contributed by atoms with van der Waals surface area (Å²) in [5.41, 5.74) is 0.692. The average molecular weight is 393 g/mol. The summed E-state index contributed by atoms with van der Waals surface area (Å²) < 4.78 is 10.7. The lowest BCUT2D eigenvalue weighted by atomic mass is 10.3. The first-order valence-corrected chi connectivity index (χ1v) is 10.4. The van der Waals surface area contributed by atoms with Crippen LogP contribution in [0.1, 0.15) is 19.0 Å². The maximum Gasteiger partial charge on any atom is 0.246 e. The zero-order valence-electron chi connectivity index (χ0n) is 15.9. The first kappa shape index (κ1) is 20.0. The molecule has 7 nitrogen and oxygen atoms in total. The summed E-state index contributed by atoms with van der Waals surface area (Å²) in [6, 6.07) is 5.79. The Labute approximate surface area is 164 Å². The van der Waals surface area contributed by atoms with Crippen molar-refractivity contribution in [2.75, 3.05) is 52.4 Å². The van der Waals surface area contributed by atoms with Crippen LogP contribution in [0.4, 0.5) is 0 Å². The molecule has 27 heavy (non-hydrogen) atoms. The molecule has 3 rings (SSSR count). The number of nitrogens with one attached hydrogen (secondary N) is 1. The van der Waals surface area contributed by atoms with E-state index < -0.39 is 0 Å². The summed E-state index contributed by atoms with van der Waals surface area (Å²) in [7, 11) is 0. The van der Waals surface area contributed by atoms with Crippen molar-refractivity contribution in [3.63, 3.8) is 0 Å². The molecule has 0 spiro atoms. The van der Waals surface area contributed by atoms with Gasteiger partial charge in [0.1, 0.15) is 12.3 Å². The molecule has 2 aromatic rings. The van der Waals surface area contributed by atoms with E-state index in [1.165, 1.54) is 0 Å². The van der Waals surface area contributed by atoms with Gasteiger partial charge in [0.15, 0.2) is 5.76 Å². The van der Waals surface area contributed by atoms with E-state index in [0.29, 0.717) is 12.2 Å². The van der Waals surface area contributed by atoms with Crippen molar-refractivity contribution in [2.45, 2.75) is 20.0 Å². The highest BCUT2D eigenvalue weighted by atomic mass is 32.1.